The van der Waals surface area contributed by atoms with Crippen molar-refractivity contribution in [2.24, 2.45) is 0 Å². The molecule has 0 amide bonds. The van der Waals surface area contributed by atoms with Crippen LogP contribution < -0.4 is 4.90 Å². The summed E-state index contributed by atoms with van der Waals surface area (Å²) in [7, 11) is 0. The number of halogens is 1. The molecule has 230 valence electrons. The molecule has 0 heterocycles. The first-order chi connectivity index (χ1) is 22.7. The highest BCUT2D eigenvalue weighted by Crippen LogP contribution is 2.53. The van der Waals surface area contributed by atoms with Gasteiger partial charge in [-0.15, -0.1) is 0 Å². The number of carbonyl (C=O) groups excluding carboxylic acids is 1. The lowest BCUT2D eigenvalue weighted by Crippen LogP contribution is -2.19. The van der Waals surface area contributed by atoms with E-state index in [1.54, 1.807) is 0 Å². The number of benzene rings is 5. The van der Waals surface area contributed by atoms with Gasteiger partial charge in [-0.25, -0.2) is 0 Å². The Morgan fingerprint density at radius 2 is 1.09 bits per heavy atom. The second-order valence-corrected chi connectivity index (χ2v) is 14.6. The highest BCUT2D eigenvalue weighted by molar-refractivity contribution is 9.12. The van der Waals surface area contributed by atoms with E-state index in [0.29, 0.717) is 11.1 Å². The zero-order valence-corrected chi connectivity index (χ0v) is 28.7. The van der Waals surface area contributed by atoms with Crippen molar-refractivity contribution in [2.45, 2.75) is 44.9 Å². The number of para-hydroxylation sites is 1. The Bertz CT molecular complexity index is 2110. The molecule has 0 fully saturated rings. The van der Waals surface area contributed by atoms with Crippen LogP contribution >= 0.6 is 15.9 Å². The van der Waals surface area contributed by atoms with E-state index in [1.807, 2.05) is 36.4 Å². The van der Waals surface area contributed by atoms with Crippen molar-refractivity contribution in [1.82, 2.24) is 0 Å². The lowest BCUT2D eigenvalue weighted by atomic mass is 9.82. The molecule has 0 aliphatic heterocycles. The van der Waals surface area contributed by atoms with Crippen LogP contribution in [0.4, 0.5) is 17.1 Å². The molecule has 0 unspecified atom stereocenters. The fourth-order valence-corrected chi connectivity index (χ4v) is 8.38. The number of hydrogen-bond donors (Lipinski definition) is 0. The van der Waals surface area contributed by atoms with Crippen LogP contribution in [0.25, 0.3) is 22.3 Å². The number of ketones is 1. The summed E-state index contributed by atoms with van der Waals surface area (Å²) < 4.78 is 0.798. The molecule has 47 heavy (non-hydrogen) atoms. The minimum atomic E-state index is -0.155. The largest absolute Gasteiger partial charge is 0.310 e. The van der Waals surface area contributed by atoms with Crippen LogP contribution in [0.3, 0.4) is 0 Å². The summed E-state index contributed by atoms with van der Waals surface area (Å²) in [5.74, 6) is -0.0111. The molecule has 5 aromatic carbocycles. The third-order valence-corrected chi connectivity index (χ3v) is 11.1. The lowest BCUT2D eigenvalue weighted by molar-refractivity contribution is 0.103. The summed E-state index contributed by atoms with van der Waals surface area (Å²) in [5.41, 5.74) is 14.3. The van der Waals surface area contributed by atoms with Crippen LogP contribution in [0.5, 0.6) is 0 Å². The van der Waals surface area contributed by atoms with Crippen LogP contribution in [-0.4, -0.2) is 5.78 Å². The first-order valence-electron chi connectivity index (χ1n) is 16.3. The van der Waals surface area contributed by atoms with Gasteiger partial charge in [-0.2, -0.15) is 0 Å². The van der Waals surface area contributed by atoms with Crippen LogP contribution in [0.1, 0.15) is 66.7 Å². The molecule has 0 saturated heterocycles. The fraction of sp³-hybridized carbons (Fsp3) is 0.159. The van der Waals surface area contributed by atoms with Gasteiger partial charge < -0.3 is 4.90 Å². The molecule has 3 aliphatic rings. The van der Waals surface area contributed by atoms with Crippen molar-refractivity contribution in [3.05, 3.63) is 171 Å². The van der Waals surface area contributed by atoms with Gasteiger partial charge in [0.1, 0.15) is 0 Å². The maximum absolute atomic E-state index is 14.4. The predicted octanol–water partition coefficient (Wildman–Crippen LogP) is 12.1. The van der Waals surface area contributed by atoms with E-state index in [0.717, 1.165) is 28.0 Å². The zero-order valence-electron chi connectivity index (χ0n) is 27.1. The number of carbonyl (C=O) groups is 1. The third kappa shape index (κ3) is 4.55. The van der Waals surface area contributed by atoms with Gasteiger partial charge in [-0.1, -0.05) is 141 Å². The molecule has 0 atom stereocenters. The van der Waals surface area contributed by atoms with Gasteiger partial charge in [0.05, 0.1) is 5.69 Å². The molecule has 0 spiro atoms. The van der Waals surface area contributed by atoms with E-state index in [9.17, 15) is 4.79 Å². The van der Waals surface area contributed by atoms with Crippen LogP contribution in [-0.2, 0) is 10.8 Å². The Morgan fingerprint density at radius 3 is 1.68 bits per heavy atom. The van der Waals surface area contributed by atoms with E-state index in [1.165, 1.54) is 44.5 Å². The smallest absolute Gasteiger partial charge is 0.196 e. The predicted molar refractivity (Wildman–Crippen MR) is 199 cm³/mol. The second kappa shape index (κ2) is 10.9. The highest BCUT2D eigenvalue weighted by atomic mass is 79.9. The molecule has 0 N–H and O–H groups in total. The van der Waals surface area contributed by atoms with Crippen molar-refractivity contribution in [3.8, 4) is 22.3 Å². The van der Waals surface area contributed by atoms with Gasteiger partial charge in [0.15, 0.2) is 5.78 Å². The molecular formula is C44H36BrNO. The van der Waals surface area contributed by atoms with E-state index in [4.69, 9.17) is 0 Å². The molecule has 0 saturated carbocycles. The molecule has 2 nitrogen and oxygen atoms in total. The molecule has 5 aromatic rings. The summed E-state index contributed by atoms with van der Waals surface area (Å²) in [4.78, 5) is 16.7. The average Bonchev–Trinajstić information content (AvgIpc) is 3.31. The molecule has 3 heteroatoms. The summed E-state index contributed by atoms with van der Waals surface area (Å²) >= 11 is 3.68. The quantitative estimate of drug-likeness (QED) is 0.173. The van der Waals surface area contributed by atoms with E-state index in [2.05, 4.69) is 146 Å². The van der Waals surface area contributed by atoms with Crippen LogP contribution in [0.2, 0.25) is 0 Å². The Labute approximate surface area is 285 Å². The van der Waals surface area contributed by atoms with Gasteiger partial charge in [-0.05, 0) is 87.3 Å². The molecular weight excluding hydrogens is 638 g/mol. The Hall–Kier alpha value is -4.73. The van der Waals surface area contributed by atoms with Crippen molar-refractivity contribution in [3.63, 3.8) is 0 Å². The van der Waals surface area contributed by atoms with E-state index in [-0.39, 0.29) is 16.6 Å². The average molecular weight is 675 g/mol. The van der Waals surface area contributed by atoms with Crippen molar-refractivity contribution in [2.75, 3.05) is 4.90 Å². The number of allylic oxidation sites excluding steroid dienone is 6. The number of hydrogen-bond acceptors (Lipinski definition) is 2. The van der Waals surface area contributed by atoms with Crippen molar-refractivity contribution < 1.29 is 4.79 Å². The Morgan fingerprint density at radius 1 is 0.596 bits per heavy atom. The van der Waals surface area contributed by atoms with Gasteiger partial charge in [-0.3, -0.25) is 4.79 Å². The minimum absolute atomic E-state index is 0.0111. The number of nitrogens with zero attached hydrogens (tertiary/aromatic N) is 1. The SMILES string of the molecule is CC1(C)c2ccccc2-c2ccc(N(c3ccc4c(c3)C(C)(C)c3ccccc3-4)c3ccccc3C(=O)C3=C(Br)C=CCC=C3)cc21. The van der Waals surface area contributed by atoms with E-state index >= 15 is 0 Å². The number of Topliss-reactive ketones (excluding diaryl/α,β-unsaturated/α-hetero) is 1. The third-order valence-electron chi connectivity index (χ3n) is 10.4. The maximum atomic E-state index is 14.4. The van der Waals surface area contributed by atoms with Gasteiger partial charge >= 0.3 is 0 Å². The minimum Gasteiger partial charge on any atom is -0.310 e. The molecule has 0 aromatic heterocycles. The number of rotatable bonds is 5. The zero-order chi connectivity index (χ0) is 32.5. The first kappa shape index (κ1) is 29.7. The summed E-state index contributed by atoms with van der Waals surface area (Å²) in [6.07, 6.45) is 8.82. The van der Waals surface area contributed by atoms with Crippen molar-refractivity contribution >= 4 is 38.8 Å². The van der Waals surface area contributed by atoms with Gasteiger partial charge in [0.25, 0.3) is 0 Å². The normalized spacial score (nSPS) is 16.3. The second-order valence-electron chi connectivity index (χ2n) is 13.8. The Balaban J connectivity index is 1.35. The monoisotopic (exact) mass is 673 g/mol. The topological polar surface area (TPSA) is 20.3 Å². The number of anilines is 3. The summed E-state index contributed by atoms with van der Waals surface area (Å²) in [6.45, 7) is 9.26. The number of fused-ring (bicyclic) bond motifs is 6. The van der Waals surface area contributed by atoms with Crippen LogP contribution in [0.15, 0.2) is 144 Å². The standard InChI is InChI=1S/C44H36BrNO/c1-43(2)36-18-11-8-14-30(36)32-24-22-28(26-38(32)43)46(29-23-25-33-31-15-9-12-19-37(31)44(3,4)39(33)27-29)41-21-13-10-17-35(41)42(47)34-16-6-5-7-20-40(34)45/h6-27H,5H2,1-4H3. The maximum Gasteiger partial charge on any atom is 0.196 e. The molecule has 0 bridgehead atoms. The fourth-order valence-electron chi connectivity index (χ4n) is 7.89. The van der Waals surface area contributed by atoms with E-state index < -0.39 is 0 Å². The summed E-state index contributed by atoms with van der Waals surface area (Å²) in [6, 6.07) is 39.2. The summed E-state index contributed by atoms with van der Waals surface area (Å²) in [5, 5.41) is 0. The van der Waals surface area contributed by atoms with Gasteiger partial charge in [0, 0.05) is 37.8 Å². The van der Waals surface area contributed by atoms with Gasteiger partial charge in [0.2, 0.25) is 0 Å². The molecule has 3 aliphatic carbocycles. The molecule has 8 rings (SSSR count). The van der Waals surface area contributed by atoms with Crippen LogP contribution in [0, 0.1) is 0 Å². The lowest BCUT2D eigenvalue weighted by Gasteiger charge is -2.31. The first-order valence-corrected chi connectivity index (χ1v) is 17.1. The highest BCUT2D eigenvalue weighted by Gasteiger charge is 2.38. The Kier molecular flexibility index (Phi) is 6.89. The van der Waals surface area contributed by atoms with Crippen molar-refractivity contribution in [1.29, 1.82) is 0 Å². The molecule has 0 radical (unpaired) electrons.